The monoisotopic (exact) mass is 351 g/mol. The highest BCUT2D eigenvalue weighted by molar-refractivity contribution is 7.98. The Labute approximate surface area is 147 Å². The van der Waals surface area contributed by atoms with Crippen molar-refractivity contribution < 1.29 is 19.4 Å². The highest BCUT2D eigenvalue weighted by Crippen LogP contribution is 2.31. The van der Waals surface area contributed by atoms with Crippen molar-refractivity contribution in [1.82, 2.24) is 4.90 Å². The second kappa shape index (κ2) is 8.42. The molecule has 0 spiro atoms. The van der Waals surface area contributed by atoms with Crippen LogP contribution in [-0.4, -0.2) is 42.3 Å². The number of ether oxygens (including phenoxy) is 1. The molecule has 132 valence electrons. The van der Waals surface area contributed by atoms with Crippen LogP contribution in [0.4, 0.5) is 0 Å². The number of thioether (sulfide) groups is 1. The van der Waals surface area contributed by atoms with Gasteiger partial charge >= 0.3 is 5.97 Å². The standard InChI is InChI=1S/C18H25NO4S/c1-19(11-12-4-9-16(24-3)15(10-12)23-2)17(20)13-5-7-14(8-6-13)18(21)22/h4,9-10,13-14H,5-8,11H2,1-3H3,(H,21,22). The summed E-state index contributed by atoms with van der Waals surface area (Å²) in [5.74, 6) is -0.162. The highest BCUT2D eigenvalue weighted by atomic mass is 32.2. The minimum absolute atomic E-state index is 0.0574. The molecular formula is C18H25NO4S. The number of carboxylic acid groups (broad SMARTS) is 1. The van der Waals surface area contributed by atoms with Crippen molar-refractivity contribution in [2.45, 2.75) is 37.1 Å². The summed E-state index contributed by atoms with van der Waals surface area (Å²) in [6.45, 7) is 0.530. The molecule has 1 aliphatic rings. The average molecular weight is 351 g/mol. The molecule has 1 aromatic rings. The fourth-order valence-corrected chi connectivity index (χ4v) is 3.78. The van der Waals surface area contributed by atoms with Crippen molar-refractivity contribution in [1.29, 1.82) is 0 Å². The second-order valence-corrected chi connectivity index (χ2v) is 7.12. The van der Waals surface area contributed by atoms with Gasteiger partial charge in [-0.3, -0.25) is 9.59 Å². The Kier molecular flexibility index (Phi) is 6.54. The van der Waals surface area contributed by atoms with Gasteiger partial charge in [-0.25, -0.2) is 0 Å². The summed E-state index contributed by atoms with van der Waals surface area (Å²) in [6.07, 6.45) is 4.51. The third kappa shape index (κ3) is 4.44. The van der Waals surface area contributed by atoms with Crippen LogP contribution in [0.2, 0.25) is 0 Å². The molecule has 2 rings (SSSR count). The zero-order chi connectivity index (χ0) is 17.7. The molecule has 1 aliphatic carbocycles. The van der Waals surface area contributed by atoms with Crippen LogP contribution in [0, 0.1) is 11.8 Å². The molecular weight excluding hydrogens is 326 g/mol. The Morgan fingerprint density at radius 2 is 1.88 bits per heavy atom. The van der Waals surface area contributed by atoms with E-state index in [9.17, 15) is 9.59 Å². The van der Waals surface area contributed by atoms with Crippen molar-refractivity contribution in [3.63, 3.8) is 0 Å². The molecule has 0 radical (unpaired) electrons. The van der Waals surface area contributed by atoms with Gasteiger partial charge in [0.1, 0.15) is 5.75 Å². The van der Waals surface area contributed by atoms with Crippen LogP contribution in [0.3, 0.4) is 0 Å². The van der Waals surface area contributed by atoms with E-state index in [1.807, 2.05) is 24.5 Å². The van der Waals surface area contributed by atoms with Crippen LogP contribution in [0.15, 0.2) is 23.1 Å². The minimum Gasteiger partial charge on any atom is -0.496 e. The van der Waals surface area contributed by atoms with Gasteiger partial charge in [0.05, 0.1) is 13.0 Å². The number of amides is 1. The molecule has 1 fully saturated rings. The van der Waals surface area contributed by atoms with Gasteiger partial charge in [0, 0.05) is 24.4 Å². The van der Waals surface area contributed by atoms with Gasteiger partial charge in [-0.05, 0) is 49.6 Å². The molecule has 0 aliphatic heterocycles. The minimum atomic E-state index is -0.741. The van der Waals surface area contributed by atoms with E-state index in [0.29, 0.717) is 32.2 Å². The summed E-state index contributed by atoms with van der Waals surface area (Å²) in [7, 11) is 3.45. The zero-order valence-electron chi connectivity index (χ0n) is 14.4. The fraction of sp³-hybridized carbons (Fsp3) is 0.556. The quantitative estimate of drug-likeness (QED) is 0.797. The molecule has 1 saturated carbocycles. The number of hydrogen-bond donors (Lipinski definition) is 1. The summed E-state index contributed by atoms with van der Waals surface area (Å²) < 4.78 is 5.39. The first-order valence-corrected chi connectivity index (χ1v) is 9.37. The van der Waals surface area contributed by atoms with Crippen LogP contribution >= 0.6 is 11.8 Å². The zero-order valence-corrected chi connectivity index (χ0v) is 15.3. The Morgan fingerprint density at radius 3 is 2.42 bits per heavy atom. The number of hydrogen-bond acceptors (Lipinski definition) is 4. The average Bonchev–Trinajstić information content (AvgIpc) is 2.60. The second-order valence-electron chi connectivity index (χ2n) is 6.27. The van der Waals surface area contributed by atoms with Crippen molar-refractivity contribution in [2.24, 2.45) is 11.8 Å². The maximum absolute atomic E-state index is 12.6. The largest absolute Gasteiger partial charge is 0.496 e. The van der Waals surface area contributed by atoms with E-state index in [0.717, 1.165) is 16.2 Å². The summed E-state index contributed by atoms with van der Waals surface area (Å²) in [5, 5.41) is 9.05. The lowest BCUT2D eigenvalue weighted by Crippen LogP contribution is -2.35. The number of methoxy groups -OCH3 is 1. The molecule has 1 N–H and O–H groups in total. The van der Waals surface area contributed by atoms with E-state index in [1.165, 1.54) is 0 Å². The number of nitrogens with zero attached hydrogens (tertiary/aromatic N) is 1. The molecule has 1 amide bonds. The molecule has 6 heteroatoms. The molecule has 1 aromatic carbocycles. The maximum Gasteiger partial charge on any atom is 0.306 e. The first-order chi connectivity index (χ1) is 11.5. The summed E-state index contributed by atoms with van der Waals surface area (Å²) in [5.41, 5.74) is 1.03. The third-order valence-corrected chi connectivity index (χ3v) is 5.45. The third-order valence-electron chi connectivity index (χ3n) is 4.67. The molecule has 5 nitrogen and oxygen atoms in total. The van der Waals surface area contributed by atoms with Gasteiger partial charge in [0.2, 0.25) is 5.91 Å². The molecule has 0 atom stereocenters. The number of aliphatic carboxylic acids is 1. The van der Waals surface area contributed by atoms with Gasteiger partial charge in [-0.2, -0.15) is 0 Å². The lowest BCUT2D eigenvalue weighted by Gasteiger charge is -2.29. The van der Waals surface area contributed by atoms with E-state index in [2.05, 4.69) is 0 Å². The topological polar surface area (TPSA) is 66.8 Å². The van der Waals surface area contributed by atoms with Crippen LogP contribution in [0.25, 0.3) is 0 Å². The number of carboxylic acids is 1. The van der Waals surface area contributed by atoms with Crippen LogP contribution in [-0.2, 0) is 16.1 Å². The molecule has 24 heavy (non-hydrogen) atoms. The van der Waals surface area contributed by atoms with Crippen molar-refractivity contribution in [3.8, 4) is 5.75 Å². The Hall–Kier alpha value is -1.69. The number of carbonyl (C=O) groups excluding carboxylic acids is 1. The van der Waals surface area contributed by atoms with Crippen molar-refractivity contribution >= 4 is 23.6 Å². The maximum atomic E-state index is 12.6. The lowest BCUT2D eigenvalue weighted by molar-refractivity contribution is -0.145. The lowest BCUT2D eigenvalue weighted by atomic mass is 9.81. The normalized spacial score (nSPS) is 20.5. The Balaban J connectivity index is 1.96. The van der Waals surface area contributed by atoms with Gasteiger partial charge < -0.3 is 14.7 Å². The predicted molar refractivity (Wildman–Crippen MR) is 94.3 cm³/mol. The van der Waals surface area contributed by atoms with E-state index in [1.54, 1.807) is 30.8 Å². The number of benzene rings is 1. The smallest absolute Gasteiger partial charge is 0.306 e. The fourth-order valence-electron chi connectivity index (χ4n) is 3.23. The molecule has 0 bridgehead atoms. The van der Waals surface area contributed by atoms with Crippen LogP contribution in [0.1, 0.15) is 31.2 Å². The number of rotatable bonds is 6. The summed E-state index contributed by atoms with van der Waals surface area (Å²) in [6, 6.07) is 5.99. The molecule has 0 unspecified atom stereocenters. The Morgan fingerprint density at radius 1 is 1.25 bits per heavy atom. The number of carbonyl (C=O) groups is 2. The Bertz CT molecular complexity index is 597. The van der Waals surface area contributed by atoms with Crippen LogP contribution in [0.5, 0.6) is 5.75 Å². The van der Waals surface area contributed by atoms with E-state index < -0.39 is 5.97 Å². The summed E-state index contributed by atoms with van der Waals surface area (Å²) in [4.78, 5) is 26.4. The SMILES string of the molecule is COc1cc(CN(C)C(=O)C2CCC(C(=O)O)CC2)ccc1SC. The van der Waals surface area contributed by atoms with Gasteiger partial charge in [-0.1, -0.05) is 6.07 Å². The van der Waals surface area contributed by atoms with Crippen molar-refractivity contribution in [3.05, 3.63) is 23.8 Å². The summed E-state index contributed by atoms with van der Waals surface area (Å²) >= 11 is 1.63. The van der Waals surface area contributed by atoms with Gasteiger partial charge in [0.25, 0.3) is 0 Å². The van der Waals surface area contributed by atoms with E-state index in [4.69, 9.17) is 9.84 Å². The molecule has 0 heterocycles. The van der Waals surface area contributed by atoms with E-state index in [-0.39, 0.29) is 17.7 Å². The van der Waals surface area contributed by atoms with Crippen molar-refractivity contribution in [2.75, 3.05) is 20.4 Å². The first kappa shape index (κ1) is 18.6. The highest BCUT2D eigenvalue weighted by Gasteiger charge is 2.31. The molecule has 0 saturated heterocycles. The van der Waals surface area contributed by atoms with Crippen LogP contribution < -0.4 is 4.74 Å². The predicted octanol–water partition coefficient (Wildman–Crippen LogP) is 3.27. The first-order valence-electron chi connectivity index (χ1n) is 8.15. The van der Waals surface area contributed by atoms with E-state index >= 15 is 0 Å². The van der Waals surface area contributed by atoms with Gasteiger partial charge in [0.15, 0.2) is 0 Å². The molecule has 0 aromatic heterocycles. The van der Waals surface area contributed by atoms with Gasteiger partial charge in [-0.15, -0.1) is 11.8 Å².